The van der Waals surface area contributed by atoms with Crippen LogP contribution in [0.25, 0.3) is 0 Å². The van der Waals surface area contributed by atoms with Gasteiger partial charge >= 0.3 is 59.7 Å². The second-order valence-corrected chi connectivity index (χ2v) is 24.0. The van der Waals surface area contributed by atoms with Gasteiger partial charge in [-0.2, -0.15) is 9.55 Å². The normalized spacial score (nSPS) is 28.0. The maximum atomic E-state index is 12.1. The van der Waals surface area contributed by atoms with Crippen LogP contribution in [-0.2, 0) is 83.5 Å². The summed E-state index contributed by atoms with van der Waals surface area (Å²) in [5, 5.41) is 78.9. The summed E-state index contributed by atoms with van der Waals surface area (Å²) in [6.45, 7) is -2.72. The van der Waals surface area contributed by atoms with E-state index in [1.807, 2.05) is 9.97 Å². The predicted octanol–water partition coefficient (Wildman–Crippen LogP) is -9.97. The van der Waals surface area contributed by atoms with Gasteiger partial charge in [0.15, 0.2) is 6.33 Å². The van der Waals surface area contributed by atoms with Crippen LogP contribution in [0.4, 0.5) is 0 Å². The first kappa shape index (κ1) is 81.7. The van der Waals surface area contributed by atoms with Crippen molar-refractivity contribution >= 4 is 31.3 Å². The minimum atomic E-state index is -4.77. The average molecular weight is 1400 g/mol. The van der Waals surface area contributed by atoms with Crippen molar-refractivity contribution in [3.8, 4) is 0 Å². The number of ether oxygens (including phenoxy) is 4. The van der Waals surface area contributed by atoms with Gasteiger partial charge in [0.1, 0.15) is 91.6 Å². The Hall–Kier alpha value is -5.39. The van der Waals surface area contributed by atoms with E-state index in [9.17, 15) is 97.5 Å². The number of phosphoric acid groups is 4. The predicted molar refractivity (Wildman–Crippen MR) is 296 cm³/mol. The smallest absolute Gasteiger partial charge is 0.387 e. The van der Waals surface area contributed by atoms with Gasteiger partial charge in [0.25, 0.3) is 16.7 Å². The van der Waals surface area contributed by atoms with Crippen molar-refractivity contribution in [3.05, 3.63) is 125 Å². The van der Waals surface area contributed by atoms with Gasteiger partial charge in [0.2, 0.25) is 6.23 Å². The number of aromatic nitrogens is 9. The van der Waals surface area contributed by atoms with Crippen molar-refractivity contribution in [2.75, 3.05) is 26.4 Å². The minimum Gasteiger partial charge on any atom is -0.387 e. The van der Waals surface area contributed by atoms with Gasteiger partial charge < -0.3 is 113 Å². The third-order valence-electron chi connectivity index (χ3n) is 12.9. The molecule has 4 aliphatic heterocycles. The molecule has 4 aromatic rings. The van der Waals surface area contributed by atoms with Crippen LogP contribution in [0, 0.1) is 0 Å². The van der Waals surface area contributed by atoms with Gasteiger partial charge in [0.05, 0.1) is 43.1 Å². The fourth-order valence-corrected chi connectivity index (χ4v) is 9.75. The van der Waals surface area contributed by atoms with Crippen LogP contribution >= 0.6 is 31.3 Å². The third kappa shape index (κ3) is 21.3. The number of aliphatic hydroxyl groups excluding tert-OH is 8. The van der Waals surface area contributed by atoms with Crippen LogP contribution < -0.4 is 49.7 Å². The molecule has 0 spiro atoms. The molecular weight excluding hydrogens is 1330 g/mol. The number of aliphatic hydroxyl groups is 8. The average Bonchev–Trinajstić information content (AvgIpc) is 1.83. The van der Waals surface area contributed by atoms with Crippen LogP contribution in [0.2, 0.25) is 0 Å². The first-order valence-corrected chi connectivity index (χ1v) is 30.5. The van der Waals surface area contributed by atoms with Crippen LogP contribution in [0.5, 0.6) is 0 Å². The third-order valence-corrected chi connectivity index (χ3v) is 14.8. The molecule has 0 aliphatic carbocycles. The zero-order chi connectivity index (χ0) is 66.6. The largest absolute Gasteiger partial charge is 0.469 e. The Balaban J connectivity index is 0.000000409. The zero-order valence-corrected chi connectivity index (χ0v) is 48.8. The quantitative estimate of drug-likeness (QED) is 0.0366. The van der Waals surface area contributed by atoms with Gasteiger partial charge in [-0.05, 0) is 0 Å². The number of phosphoric ester groups is 4. The Morgan fingerprint density at radius 2 is 0.824 bits per heavy atom. The second kappa shape index (κ2) is 32.6. The Kier molecular flexibility index (Phi) is 29.3. The summed E-state index contributed by atoms with van der Waals surface area (Å²) >= 11 is 0. The molecule has 520 valence electrons. The molecule has 0 amide bonds. The summed E-state index contributed by atoms with van der Waals surface area (Å²) in [5.41, 5.74) is -6.08. The van der Waals surface area contributed by atoms with E-state index in [2.05, 4.69) is 28.1 Å². The number of rotatable bonds is 16. The first-order valence-electron chi connectivity index (χ1n) is 24.4. The van der Waals surface area contributed by atoms with Crippen LogP contribution in [0.15, 0.2) is 63.3 Å². The summed E-state index contributed by atoms with van der Waals surface area (Å²) in [6, 6.07) is 0. The fourth-order valence-electron chi connectivity index (χ4n) is 8.39. The van der Waals surface area contributed by atoms with E-state index in [1.54, 1.807) is 0 Å². The Morgan fingerprint density at radius 3 is 1.23 bits per heavy atom. The zero-order valence-electron chi connectivity index (χ0n) is 45.2. The van der Waals surface area contributed by atoms with E-state index in [0.717, 1.165) is 41.6 Å². The van der Waals surface area contributed by atoms with E-state index in [-0.39, 0.29) is 39.0 Å². The Morgan fingerprint density at radius 1 is 0.462 bits per heavy atom. The van der Waals surface area contributed by atoms with Gasteiger partial charge in [-0.3, -0.25) is 46.6 Å². The lowest BCUT2D eigenvalue weighted by Crippen LogP contribution is -2.60. The molecule has 0 bridgehead atoms. The van der Waals surface area contributed by atoms with Crippen molar-refractivity contribution in [1.29, 1.82) is 0 Å². The molecule has 0 aromatic carbocycles. The highest BCUT2D eigenvalue weighted by molar-refractivity contribution is 7.47. The second-order valence-electron chi connectivity index (χ2n) is 19.1. The summed E-state index contributed by atoms with van der Waals surface area (Å²) in [5.74, 6) is 0. The summed E-state index contributed by atoms with van der Waals surface area (Å²) in [6.07, 6.45) is -18.1. The summed E-state index contributed by atoms with van der Waals surface area (Å²) < 4.78 is 84.9. The maximum Gasteiger partial charge on any atom is 0.469 e. The first-order chi connectivity index (χ1) is 40.4. The number of hydrogen-bond acceptors (Lipinski definition) is 28. The number of hydrogen-bond donors (Lipinski definition) is 20. The van der Waals surface area contributed by atoms with Crippen molar-refractivity contribution in [2.24, 2.45) is 28.2 Å². The van der Waals surface area contributed by atoms with E-state index < -0.39 is 201 Å². The molecule has 45 nitrogen and oxygen atoms in total. The Bertz CT molecular complexity index is 3750. The number of H-pyrrole nitrogens is 4. The van der Waals surface area contributed by atoms with E-state index >= 15 is 0 Å². The van der Waals surface area contributed by atoms with Gasteiger partial charge in [0, 0.05) is 46.8 Å². The highest BCUT2D eigenvalue weighted by Gasteiger charge is 2.49. The highest BCUT2D eigenvalue weighted by atomic mass is 31.2. The molecule has 49 heteroatoms. The Labute approximate surface area is 508 Å². The molecule has 0 saturated carbocycles. The van der Waals surface area contributed by atoms with Crippen LogP contribution in [0.1, 0.15) is 63.5 Å². The molecule has 4 aromatic heterocycles. The van der Waals surface area contributed by atoms with Crippen molar-refractivity contribution in [3.63, 3.8) is 0 Å². The number of nitrogens with one attached hydrogen (secondary N) is 4. The minimum absolute atomic E-state index is 0. The molecule has 0 radical (unpaired) electrons. The number of nitrogens with zero attached hydrogens (tertiary/aromatic N) is 5. The fraction of sp³-hybridized carbons (Fsp3) is 0.643. The molecule has 4 saturated heterocycles. The molecule has 20 N–H and O–H groups in total. The molecule has 8 heterocycles. The molecule has 91 heavy (non-hydrogen) atoms. The molecule has 8 rings (SSSR count). The van der Waals surface area contributed by atoms with E-state index in [1.165, 1.54) is 34.4 Å². The lowest BCUT2D eigenvalue weighted by atomic mass is 10.0. The van der Waals surface area contributed by atoms with Gasteiger partial charge in [-0.25, -0.2) is 47.2 Å². The topological polar surface area (TPSA) is 689 Å². The lowest BCUT2D eigenvalue weighted by molar-refractivity contribution is -0.782. The number of aromatic amines is 4. The number of aryl methyl sites for hydroxylation is 2. The standard InChI is InChI=1S/C11H17N2O9P.2C10H15N2O9P.C8H12N3O9P.3CH4/c1-12-3-5(10(16)13(2)11(12)17)9-8(15)7(14)6(22-9)4-21-23(18,19)20;1-12-2-4(9(15)11-10(12)16)8-7(14)6(13)5(21-8)3-20-22(17,18)19;1-12-9(15)4(2-11-10(12)16)8-7(14)6(13)5(21-8)3-20-22(17,18)19;12-4-3(1-19-21(16,17)18)20-6(5(4)13)11-2-9-7(14)10-8(11)15;;;/h3,6-9,14-15H,4H2,1-2H3,(H2,18,19,20);2,5-8,13-14H,3H2,1H3,(H,11,15,16)(H2,17,18,19);2,5-8,13-14H,3H2,1H3,(H,11,16)(H2,17,18,19);2-6,12-13H,1H2,(H3,10,14,15,16,17,18);3*1H4/p+1/t6-,7-,8-,9+;2*5-,6-,7-,8+;3-,4-,5-,6-;;;/m1111.../s1. The monoisotopic (exact) mass is 1400 g/mol. The molecule has 16 atom stereocenters. The summed E-state index contributed by atoms with van der Waals surface area (Å²) in [7, 11) is -13.8. The molecule has 4 aliphatic rings. The van der Waals surface area contributed by atoms with E-state index in [4.69, 9.17) is 58.1 Å². The highest BCUT2D eigenvalue weighted by Crippen LogP contribution is 2.42. The van der Waals surface area contributed by atoms with Crippen LogP contribution in [-0.4, -0.2) is 218 Å². The van der Waals surface area contributed by atoms with Crippen molar-refractivity contribution in [1.82, 2.24) is 38.2 Å². The van der Waals surface area contributed by atoms with Crippen molar-refractivity contribution < 1.29 is 140 Å². The van der Waals surface area contributed by atoms with E-state index in [0.29, 0.717) is 0 Å². The molecular formula is C42H72N9O36P4+. The lowest BCUT2D eigenvalue weighted by Gasteiger charge is -2.16. The van der Waals surface area contributed by atoms with Gasteiger partial charge in [-0.15, -0.1) is 0 Å². The SMILES string of the molecule is C.C.C.Cn1c(=O)[nH]cc([C@@H]2O[C@H](COP(=O)(O)O)[C@@H](O)[C@H]2O)c1=O.Cn1cc([C@@H]2O[C@H](COP(=O)(O)O)[C@@H](O)[C@H]2O)c(=O)[nH]c1=O.Cn1cc([C@@H]2O[C@H](COP(=O)(O)O)[C@@H](O)[C@H]2O)c(=O)n(C)c1=O.O=c1[nH]c[n+]([C@@H]2O[C@H](COP(=O)(O)O)[C@@H](O)[C@H]2O)c(=O)[nH]1. The van der Waals surface area contributed by atoms with Crippen LogP contribution in [0.3, 0.4) is 0 Å². The van der Waals surface area contributed by atoms with Crippen molar-refractivity contribution in [2.45, 2.75) is 120 Å². The molecule has 4 fully saturated rings. The maximum absolute atomic E-state index is 12.1. The summed E-state index contributed by atoms with van der Waals surface area (Å²) in [4.78, 5) is 170. The molecule has 0 unspecified atom stereocenters. The van der Waals surface area contributed by atoms with Gasteiger partial charge in [-0.1, -0.05) is 22.3 Å².